The Labute approximate surface area is 79.0 Å². The molecule has 1 radical (unpaired) electrons. The van der Waals surface area contributed by atoms with Crippen molar-refractivity contribution in [2.45, 2.75) is 12.4 Å². The van der Waals surface area contributed by atoms with Crippen molar-refractivity contribution in [1.29, 1.82) is 0 Å². The number of rotatable bonds is 2. The Morgan fingerprint density at radius 2 is 1.92 bits per heavy atom. The van der Waals surface area contributed by atoms with Gasteiger partial charge in [-0.2, -0.15) is 0 Å². The van der Waals surface area contributed by atoms with Crippen molar-refractivity contribution in [3.05, 3.63) is 11.1 Å². The van der Waals surface area contributed by atoms with Crippen molar-refractivity contribution in [3.63, 3.8) is 0 Å². The van der Waals surface area contributed by atoms with Crippen LogP contribution in [0.1, 0.15) is 6.92 Å². The minimum absolute atomic E-state index is 0.361. The SMILES string of the molecule is CC1=[C]SC(N(C)C)N1N(C)C. The van der Waals surface area contributed by atoms with E-state index in [0.29, 0.717) is 5.50 Å². The van der Waals surface area contributed by atoms with Crippen LogP contribution in [0.25, 0.3) is 0 Å². The Balaban J connectivity index is 2.70. The molecule has 1 unspecified atom stereocenters. The third-order valence-corrected chi connectivity index (χ3v) is 2.98. The second kappa shape index (κ2) is 3.68. The third kappa shape index (κ3) is 1.76. The minimum Gasteiger partial charge on any atom is -0.282 e. The molecule has 0 fully saturated rings. The third-order valence-electron chi connectivity index (χ3n) is 1.74. The van der Waals surface area contributed by atoms with Gasteiger partial charge < -0.3 is 0 Å². The lowest BCUT2D eigenvalue weighted by molar-refractivity contribution is 0.00924. The minimum atomic E-state index is 0.361. The molecule has 0 aromatic carbocycles. The van der Waals surface area contributed by atoms with Gasteiger partial charge in [-0.3, -0.25) is 9.91 Å². The molecule has 0 spiro atoms. The largest absolute Gasteiger partial charge is 0.282 e. The summed E-state index contributed by atoms with van der Waals surface area (Å²) < 4.78 is 0. The second-order valence-corrected chi connectivity index (χ2v) is 4.15. The molecule has 69 valence electrons. The van der Waals surface area contributed by atoms with Crippen LogP contribution in [0, 0.1) is 5.41 Å². The van der Waals surface area contributed by atoms with E-state index in [-0.39, 0.29) is 0 Å². The molecule has 0 aliphatic carbocycles. The molecule has 4 heteroatoms. The molecule has 1 aliphatic heterocycles. The fourth-order valence-corrected chi connectivity index (χ4v) is 2.25. The zero-order valence-corrected chi connectivity index (χ0v) is 9.14. The van der Waals surface area contributed by atoms with E-state index in [0.717, 1.165) is 0 Å². The molecule has 3 nitrogen and oxygen atoms in total. The van der Waals surface area contributed by atoms with Crippen LogP contribution in [0.2, 0.25) is 0 Å². The standard InChI is InChI=1S/C8H16N3S/c1-7-6-12-8(9(2)3)11(7)10(4)5/h8H,1-5H3. The van der Waals surface area contributed by atoms with Gasteiger partial charge in [0.1, 0.15) is 5.50 Å². The molecule has 1 atom stereocenters. The van der Waals surface area contributed by atoms with Gasteiger partial charge in [-0.1, -0.05) is 11.8 Å². The monoisotopic (exact) mass is 186 g/mol. The van der Waals surface area contributed by atoms with Gasteiger partial charge in [0, 0.05) is 25.2 Å². The number of hydrazine groups is 1. The fourth-order valence-electron chi connectivity index (χ4n) is 1.22. The molecule has 0 bridgehead atoms. The van der Waals surface area contributed by atoms with Gasteiger partial charge in [0.05, 0.1) is 0 Å². The summed E-state index contributed by atoms with van der Waals surface area (Å²) in [5.41, 5.74) is 1.55. The predicted molar refractivity (Wildman–Crippen MR) is 53.0 cm³/mol. The zero-order chi connectivity index (χ0) is 9.30. The Morgan fingerprint density at radius 3 is 2.25 bits per heavy atom. The summed E-state index contributed by atoms with van der Waals surface area (Å²) in [4.78, 5) is 2.17. The number of nitrogens with zero attached hydrogens (tertiary/aromatic N) is 3. The van der Waals surface area contributed by atoms with Crippen LogP contribution in [0.4, 0.5) is 0 Å². The maximum Gasteiger partial charge on any atom is 0.149 e. The summed E-state index contributed by atoms with van der Waals surface area (Å²) in [7, 11) is 8.25. The summed E-state index contributed by atoms with van der Waals surface area (Å²) >= 11 is 1.72. The van der Waals surface area contributed by atoms with Gasteiger partial charge in [0.2, 0.25) is 0 Å². The van der Waals surface area contributed by atoms with Crippen molar-refractivity contribution in [2.75, 3.05) is 28.2 Å². The van der Waals surface area contributed by atoms with Gasteiger partial charge in [0.25, 0.3) is 0 Å². The van der Waals surface area contributed by atoms with E-state index in [4.69, 9.17) is 0 Å². The topological polar surface area (TPSA) is 9.72 Å². The Hall–Kier alpha value is -0.190. The van der Waals surface area contributed by atoms with Crippen LogP contribution in [-0.4, -0.2) is 48.6 Å². The lowest BCUT2D eigenvalue weighted by Crippen LogP contribution is -2.45. The van der Waals surface area contributed by atoms with Crippen molar-refractivity contribution in [2.24, 2.45) is 0 Å². The summed E-state index contributed by atoms with van der Waals surface area (Å²) in [5.74, 6) is 0. The predicted octanol–water partition coefficient (Wildman–Crippen LogP) is 1.02. The highest BCUT2D eigenvalue weighted by Gasteiger charge is 2.27. The van der Waals surface area contributed by atoms with E-state index in [1.54, 1.807) is 11.8 Å². The number of hydrogen-bond acceptors (Lipinski definition) is 4. The van der Waals surface area contributed by atoms with Crippen molar-refractivity contribution in [1.82, 2.24) is 14.9 Å². The van der Waals surface area contributed by atoms with Crippen LogP contribution in [0.3, 0.4) is 0 Å². The highest BCUT2D eigenvalue weighted by atomic mass is 32.2. The molecule has 0 aromatic heterocycles. The molecule has 12 heavy (non-hydrogen) atoms. The molecule has 0 saturated carbocycles. The van der Waals surface area contributed by atoms with Crippen LogP contribution < -0.4 is 0 Å². The van der Waals surface area contributed by atoms with Crippen LogP contribution >= 0.6 is 11.8 Å². The number of allylic oxidation sites excluding steroid dienone is 1. The first kappa shape index (κ1) is 9.89. The lowest BCUT2D eigenvalue weighted by Gasteiger charge is -2.36. The summed E-state index contributed by atoms with van der Waals surface area (Å²) in [6.07, 6.45) is 0. The Morgan fingerprint density at radius 1 is 1.33 bits per heavy atom. The first-order chi connectivity index (χ1) is 5.54. The summed E-state index contributed by atoms with van der Waals surface area (Å²) in [6.45, 7) is 2.08. The summed E-state index contributed by atoms with van der Waals surface area (Å²) in [5, 5.41) is 7.56. The van der Waals surface area contributed by atoms with Gasteiger partial charge in [-0.25, -0.2) is 5.01 Å². The number of thioether (sulfide) groups is 1. The van der Waals surface area contributed by atoms with E-state index < -0.39 is 0 Å². The van der Waals surface area contributed by atoms with E-state index in [9.17, 15) is 0 Å². The first-order valence-corrected chi connectivity index (χ1v) is 4.80. The molecule has 0 saturated heterocycles. The average Bonchev–Trinajstić information content (AvgIpc) is 2.30. The molecule has 0 N–H and O–H groups in total. The van der Waals surface area contributed by atoms with E-state index in [1.807, 2.05) is 14.1 Å². The van der Waals surface area contributed by atoms with Gasteiger partial charge in [0.15, 0.2) is 0 Å². The van der Waals surface area contributed by atoms with Crippen LogP contribution in [-0.2, 0) is 0 Å². The van der Waals surface area contributed by atoms with Crippen LogP contribution in [0.15, 0.2) is 5.70 Å². The normalized spacial score (nSPS) is 24.1. The van der Waals surface area contributed by atoms with Gasteiger partial charge in [-0.05, 0) is 21.0 Å². The van der Waals surface area contributed by atoms with E-state index >= 15 is 0 Å². The zero-order valence-electron chi connectivity index (χ0n) is 8.33. The molecule has 1 rings (SSSR count). The molecular formula is C8H16N3S. The molecule has 0 amide bonds. The van der Waals surface area contributed by atoms with E-state index in [2.05, 4.69) is 41.3 Å². The van der Waals surface area contributed by atoms with Gasteiger partial charge in [-0.15, -0.1) is 0 Å². The van der Waals surface area contributed by atoms with Crippen molar-refractivity contribution in [3.8, 4) is 0 Å². The Bertz CT molecular complexity index is 189. The molecule has 1 aliphatic rings. The van der Waals surface area contributed by atoms with Crippen LogP contribution in [0.5, 0.6) is 0 Å². The number of hydrogen-bond donors (Lipinski definition) is 0. The summed E-state index contributed by atoms with van der Waals surface area (Å²) in [6, 6.07) is 0. The van der Waals surface area contributed by atoms with Crippen molar-refractivity contribution >= 4 is 11.8 Å². The first-order valence-electron chi connectivity index (χ1n) is 3.92. The maximum atomic E-state index is 3.26. The smallest absolute Gasteiger partial charge is 0.149 e. The average molecular weight is 186 g/mol. The fraction of sp³-hybridized carbons (Fsp3) is 0.750. The maximum absolute atomic E-state index is 3.26. The van der Waals surface area contributed by atoms with E-state index in [1.165, 1.54) is 5.70 Å². The molecular weight excluding hydrogens is 170 g/mol. The second-order valence-electron chi connectivity index (χ2n) is 3.29. The molecule has 0 aromatic rings. The van der Waals surface area contributed by atoms with Crippen molar-refractivity contribution < 1.29 is 0 Å². The highest BCUT2D eigenvalue weighted by Crippen LogP contribution is 2.30. The molecule has 1 heterocycles. The highest BCUT2D eigenvalue weighted by molar-refractivity contribution is 8.01. The quantitative estimate of drug-likeness (QED) is 0.636. The lowest BCUT2D eigenvalue weighted by atomic mass is 10.5. The van der Waals surface area contributed by atoms with Gasteiger partial charge >= 0.3 is 0 Å². The Kier molecular flexibility index (Phi) is 3.04.